The van der Waals surface area contributed by atoms with Crippen LogP contribution in [-0.4, -0.2) is 13.2 Å². The van der Waals surface area contributed by atoms with Gasteiger partial charge >= 0.3 is 0 Å². The summed E-state index contributed by atoms with van der Waals surface area (Å²) in [7, 11) is 0. The van der Waals surface area contributed by atoms with Crippen molar-refractivity contribution < 1.29 is 4.74 Å². The number of rotatable bonds is 18. The summed E-state index contributed by atoms with van der Waals surface area (Å²) in [5, 5.41) is 0. The lowest BCUT2D eigenvalue weighted by atomic mass is 10.0. The van der Waals surface area contributed by atoms with Gasteiger partial charge < -0.3 is 4.74 Å². The van der Waals surface area contributed by atoms with E-state index in [1.807, 2.05) is 0 Å². The van der Waals surface area contributed by atoms with Crippen LogP contribution in [-0.2, 0) is 4.74 Å². The summed E-state index contributed by atoms with van der Waals surface area (Å²) in [5.41, 5.74) is 2.59. The molecule has 1 nitrogen and oxygen atoms in total. The van der Waals surface area contributed by atoms with E-state index in [9.17, 15) is 0 Å². The highest BCUT2D eigenvalue weighted by atomic mass is 16.5. The van der Waals surface area contributed by atoms with Crippen molar-refractivity contribution in [3.63, 3.8) is 0 Å². The van der Waals surface area contributed by atoms with Gasteiger partial charge in [-0.15, -0.1) is 0 Å². The Bertz CT molecular complexity index is 449. The SMILES string of the molecule is CCCCCCCCCCCCCCCCOC/C=C(\C)c1ccccc1. The molecule has 154 valence electrons. The van der Waals surface area contributed by atoms with Crippen LogP contribution in [0.2, 0.25) is 0 Å². The largest absolute Gasteiger partial charge is 0.377 e. The van der Waals surface area contributed by atoms with Crippen LogP contribution in [0.25, 0.3) is 5.57 Å². The summed E-state index contributed by atoms with van der Waals surface area (Å²) in [6.45, 7) is 6.08. The smallest absolute Gasteiger partial charge is 0.0653 e. The van der Waals surface area contributed by atoms with Crippen LogP contribution in [0.4, 0.5) is 0 Å². The molecule has 0 fully saturated rings. The third-order valence-corrected chi connectivity index (χ3v) is 5.38. The van der Waals surface area contributed by atoms with E-state index < -0.39 is 0 Å². The third-order valence-electron chi connectivity index (χ3n) is 5.38. The molecule has 0 aliphatic carbocycles. The zero-order valence-electron chi connectivity index (χ0n) is 18.2. The topological polar surface area (TPSA) is 9.23 Å². The summed E-state index contributed by atoms with van der Waals surface area (Å²) in [6.07, 6.45) is 21.9. The van der Waals surface area contributed by atoms with E-state index in [4.69, 9.17) is 4.74 Å². The molecule has 0 N–H and O–H groups in total. The van der Waals surface area contributed by atoms with Gasteiger partial charge in [-0.2, -0.15) is 0 Å². The molecule has 1 aromatic rings. The molecular formula is C26H44O. The van der Waals surface area contributed by atoms with Crippen molar-refractivity contribution in [2.75, 3.05) is 13.2 Å². The Hall–Kier alpha value is -1.08. The van der Waals surface area contributed by atoms with Gasteiger partial charge in [-0.1, -0.05) is 127 Å². The number of hydrogen-bond donors (Lipinski definition) is 0. The van der Waals surface area contributed by atoms with Crippen LogP contribution >= 0.6 is 0 Å². The molecule has 0 aliphatic heterocycles. The minimum atomic E-state index is 0.735. The zero-order valence-corrected chi connectivity index (χ0v) is 18.2. The van der Waals surface area contributed by atoms with Crippen LogP contribution in [0, 0.1) is 0 Å². The van der Waals surface area contributed by atoms with E-state index in [2.05, 4.69) is 50.3 Å². The maximum Gasteiger partial charge on any atom is 0.0653 e. The van der Waals surface area contributed by atoms with Gasteiger partial charge in [0.15, 0.2) is 0 Å². The average molecular weight is 373 g/mol. The Morgan fingerprint density at radius 2 is 1.19 bits per heavy atom. The van der Waals surface area contributed by atoms with Gasteiger partial charge in [0.2, 0.25) is 0 Å². The van der Waals surface area contributed by atoms with Crippen LogP contribution in [0.15, 0.2) is 36.4 Å². The van der Waals surface area contributed by atoms with Crippen molar-refractivity contribution in [1.82, 2.24) is 0 Å². The predicted molar refractivity (Wildman–Crippen MR) is 121 cm³/mol. The molecule has 0 unspecified atom stereocenters. The van der Waals surface area contributed by atoms with Gasteiger partial charge in [-0.05, 0) is 24.5 Å². The standard InChI is InChI=1S/C26H44O/c1-3-4-5-6-7-8-9-10-11-12-13-14-15-19-23-27-24-22-25(2)26-20-17-16-18-21-26/h16-18,20-22H,3-15,19,23-24H2,1-2H3/b25-22+. The molecule has 0 saturated carbocycles. The van der Waals surface area contributed by atoms with Crippen molar-refractivity contribution in [2.45, 2.75) is 104 Å². The van der Waals surface area contributed by atoms with Crippen molar-refractivity contribution in [2.24, 2.45) is 0 Å². The van der Waals surface area contributed by atoms with Gasteiger partial charge in [-0.25, -0.2) is 0 Å². The first-order valence-corrected chi connectivity index (χ1v) is 11.6. The Kier molecular flexibility index (Phi) is 16.2. The molecule has 0 aromatic heterocycles. The maximum absolute atomic E-state index is 5.76. The predicted octanol–water partition coefficient (Wildman–Crippen LogP) is 8.59. The highest BCUT2D eigenvalue weighted by Crippen LogP contribution is 2.14. The van der Waals surface area contributed by atoms with E-state index in [-0.39, 0.29) is 0 Å². The summed E-state index contributed by atoms with van der Waals surface area (Å²) in [5.74, 6) is 0. The summed E-state index contributed by atoms with van der Waals surface area (Å²) >= 11 is 0. The summed E-state index contributed by atoms with van der Waals surface area (Å²) in [4.78, 5) is 0. The van der Waals surface area contributed by atoms with Crippen LogP contribution in [0.5, 0.6) is 0 Å². The Morgan fingerprint density at radius 3 is 1.70 bits per heavy atom. The van der Waals surface area contributed by atoms with E-state index in [1.54, 1.807) is 0 Å². The number of hydrogen-bond acceptors (Lipinski definition) is 1. The van der Waals surface area contributed by atoms with Gasteiger partial charge in [0.25, 0.3) is 0 Å². The van der Waals surface area contributed by atoms with Crippen LogP contribution in [0.1, 0.15) is 109 Å². The maximum atomic E-state index is 5.76. The Morgan fingerprint density at radius 1 is 0.704 bits per heavy atom. The molecule has 1 rings (SSSR count). The highest BCUT2D eigenvalue weighted by molar-refractivity contribution is 5.63. The van der Waals surface area contributed by atoms with E-state index in [0.717, 1.165) is 13.2 Å². The second kappa shape index (κ2) is 18.3. The van der Waals surface area contributed by atoms with Gasteiger partial charge in [0.05, 0.1) is 6.61 Å². The Balaban J connectivity index is 1.79. The lowest BCUT2D eigenvalue weighted by Crippen LogP contribution is -1.95. The molecule has 0 bridgehead atoms. The van der Waals surface area contributed by atoms with E-state index >= 15 is 0 Å². The molecule has 0 amide bonds. The first-order chi connectivity index (χ1) is 13.3. The fraction of sp³-hybridized carbons (Fsp3) is 0.692. The normalized spacial score (nSPS) is 11.9. The van der Waals surface area contributed by atoms with Crippen molar-refractivity contribution in [3.05, 3.63) is 42.0 Å². The molecule has 27 heavy (non-hydrogen) atoms. The molecule has 0 spiro atoms. The molecule has 1 heteroatoms. The van der Waals surface area contributed by atoms with Crippen LogP contribution < -0.4 is 0 Å². The number of unbranched alkanes of at least 4 members (excludes halogenated alkanes) is 13. The molecule has 0 radical (unpaired) electrons. The minimum Gasteiger partial charge on any atom is -0.377 e. The van der Waals surface area contributed by atoms with Crippen molar-refractivity contribution in [1.29, 1.82) is 0 Å². The fourth-order valence-corrected chi connectivity index (χ4v) is 3.48. The molecule has 0 atom stereocenters. The number of allylic oxidation sites excluding steroid dienone is 1. The zero-order chi connectivity index (χ0) is 19.4. The average Bonchev–Trinajstić information content (AvgIpc) is 2.70. The highest BCUT2D eigenvalue weighted by Gasteiger charge is 1.95. The summed E-state index contributed by atoms with van der Waals surface area (Å²) < 4.78 is 5.76. The summed E-state index contributed by atoms with van der Waals surface area (Å²) in [6, 6.07) is 10.5. The number of benzene rings is 1. The monoisotopic (exact) mass is 372 g/mol. The third kappa shape index (κ3) is 14.6. The molecule has 1 aromatic carbocycles. The molecule has 0 aliphatic rings. The Labute approximate surface area is 169 Å². The molecule has 0 heterocycles. The van der Waals surface area contributed by atoms with Crippen LogP contribution in [0.3, 0.4) is 0 Å². The van der Waals surface area contributed by atoms with Gasteiger partial charge in [0.1, 0.15) is 0 Å². The minimum absolute atomic E-state index is 0.735. The second-order valence-corrected chi connectivity index (χ2v) is 7.92. The first kappa shape index (κ1) is 24.0. The van der Waals surface area contributed by atoms with E-state index in [1.165, 1.54) is 101 Å². The van der Waals surface area contributed by atoms with Crippen molar-refractivity contribution in [3.8, 4) is 0 Å². The number of ether oxygens (including phenoxy) is 1. The molecule has 0 saturated heterocycles. The molecular weight excluding hydrogens is 328 g/mol. The quantitative estimate of drug-likeness (QED) is 0.234. The van der Waals surface area contributed by atoms with Gasteiger partial charge in [-0.3, -0.25) is 0 Å². The van der Waals surface area contributed by atoms with Gasteiger partial charge in [0, 0.05) is 6.61 Å². The lowest BCUT2D eigenvalue weighted by Gasteiger charge is -2.05. The first-order valence-electron chi connectivity index (χ1n) is 11.6. The fourth-order valence-electron chi connectivity index (χ4n) is 3.48. The van der Waals surface area contributed by atoms with Crippen molar-refractivity contribution >= 4 is 5.57 Å². The lowest BCUT2D eigenvalue weighted by molar-refractivity contribution is 0.157. The van der Waals surface area contributed by atoms with E-state index in [0.29, 0.717) is 0 Å². The second-order valence-electron chi connectivity index (χ2n) is 7.92.